The van der Waals surface area contributed by atoms with Gasteiger partial charge in [-0.2, -0.15) is 5.90 Å². The number of ketones is 1. The first-order valence-corrected chi connectivity index (χ1v) is 7.64. The number of hydrogen-bond acceptors (Lipinski definition) is 8. The van der Waals surface area contributed by atoms with Gasteiger partial charge in [0.1, 0.15) is 0 Å². The molecule has 1 unspecified atom stereocenters. The number of unbranched alkanes of at least 4 members (excludes halogenated alkanes) is 2. The van der Waals surface area contributed by atoms with Gasteiger partial charge in [-0.05, 0) is 18.9 Å². The topological polar surface area (TPSA) is 156 Å². The maximum absolute atomic E-state index is 12.1. The Kier molecular flexibility index (Phi) is 7.60. The van der Waals surface area contributed by atoms with Crippen LogP contribution in [0.1, 0.15) is 49.4 Å². The number of nitro groups is 2. The zero-order chi connectivity index (χ0) is 19.0. The Balaban J connectivity index is 2.59. The number of carbonyl (C=O) groups excluding carboxylic acids is 2. The first-order chi connectivity index (χ1) is 11.8. The second-order valence-corrected chi connectivity index (χ2v) is 5.58. The molecule has 0 aliphatic rings. The van der Waals surface area contributed by atoms with E-state index in [1.54, 1.807) is 6.92 Å². The highest BCUT2D eigenvalue weighted by molar-refractivity contribution is 6.00. The van der Waals surface area contributed by atoms with E-state index in [2.05, 4.69) is 4.84 Å². The van der Waals surface area contributed by atoms with Gasteiger partial charge in [0.05, 0.1) is 27.4 Å². The molecule has 25 heavy (non-hydrogen) atoms. The molecular weight excluding hydrogens is 334 g/mol. The van der Waals surface area contributed by atoms with Crippen LogP contribution < -0.4 is 5.90 Å². The highest BCUT2D eigenvalue weighted by atomic mass is 16.7. The van der Waals surface area contributed by atoms with Crippen molar-refractivity contribution >= 4 is 23.1 Å². The van der Waals surface area contributed by atoms with Crippen LogP contribution in [0.5, 0.6) is 0 Å². The molecule has 1 aromatic carbocycles. The lowest BCUT2D eigenvalue weighted by molar-refractivity contribution is -0.394. The van der Waals surface area contributed by atoms with Gasteiger partial charge >= 0.3 is 5.97 Å². The lowest BCUT2D eigenvalue weighted by atomic mass is 9.99. The van der Waals surface area contributed by atoms with Crippen molar-refractivity contribution in [1.82, 2.24) is 0 Å². The Bertz CT molecular complexity index is 675. The minimum absolute atomic E-state index is 0.0777. The number of nitro benzene ring substituents is 2. The van der Waals surface area contributed by atoms with Crippen molar-refractivity contribution in [1.29, 1.82) is 0 Å². The summed E-state index contributed by atoms with van der Waals surface area (Å²) in [5, 5.41) is 21.7. The molecule has 10 heteroatoms. The summed E-state index contributed by atoms with van der Waals surface area (Å²) < 4.78 is 0. The summed E-state index contributed by atoms with van der Waals surface area (Å²) in [5.74, 6) is 3.50. The number of Topliss-reactive ketones (excluding diaryl/α,β-unsaturated/α-hetero) is 1. The molecule has 0 fully saturated rings. The molecule has 0 saturated heterocycles. The third-order valence-corrected chi connectivity index (χ3v) is 3.75. The third kappa shape index (κ3) is 5.92. The summed E-state index contributed by atoms with van der Waals surface area (Å²) in [7, 11) is 0. The first-order valence-electron chi connectivity index (χ1n) is 7.64. The summed E-state index contributed by atoms with van der Waals surface area (Å²) in [6, 6.07) is 2.96. The average Bonchev–Trinajstić information content (AvgIpc) is 2.59. The van der Waals surface area contributed by atoms with Gasteiger partial charge in [-0.25, -0.2) is 0 Å². The van der Waals surface area contributed by atoms with Gasteiger partial charge in [-0.1, -0.05) is 19.8 Å². The van der Waals surface area contributed by atoms with Gasteiger partial charge in [-0.3, -0.25) is 29.8 Å². The fraction of sp³-hybridized carbons (Fsp3) is 0.467. The minimum atomic E-state index is -0.805. The molecule has 0 saturated carbocycles. The SMILES string of the molecule is CC(CCCCCC(=O)c1ccc([N+](=O)[O-])cc1[N+](=O)[O-])C(=O)ON. The molecule has 1 atom stereocenters. The molecule has 1 rings (SSSR count). The Morgan fingerprint density at radius 2 is 1.84 bits per heavy atom. The van der Waals surface area contributed by atoms with E-state index < -0.39 is 33.0 Å². The molecule has 0 spiro atoms. The van der Waals surface area contributed by atoms with Gasteiger partial charge < -0.3 is 4.84 Å². The Morgan fingerprint density at radius 1 is 1.16 bits per heavy atom. The van der Waals surface area contributed by atoms with Crippen LogP contribution in [0, 0.1) is 26.1 Å². The zero-order valence-electron chi connectivity index (χ0n) is 13.7. The lowest BCUT2D eigenvalue weighted by Crippen LogP contribution is -2.18. The molecule has 0 radical (unpaired) electrons. The van der Waals surface area contributed by atoms with Crippen LogP contribution in [0.4, 0.5) is 11.4 Å². The van der Waals surface area contributed by atoms with Gasteiger partial charge in [0.25, 0.3) is 11.4 Å². The number of non-ortho nitro benzene ring substituents is 1. The molecule has 136 valence electrons. The van der Waals surface area contributed by atoms with Crippen LogP contribution in [-0.2, 0) is 9.63 Å². The number of hydrogen-bond donors (Lipinski definition) is 1. The van der Waals surface area contributed by atoms with Crippen molar-refractivity contribution in [3.63, 3.8) is 0 Å². The number of nitrogens with two attached hydrogens (primary N) is 1. The van der Waals surface area contributed by atoms with E-state index in [4.69, 9.17) is 5.90 Å². The number of rotatable bonds is 10. The van der Waals surface area contributed by atoms with Crippen LogP contribution in [-0.4, -0.2) is 21.6 Å². The van der Waals surface area contributed by atoms with Gasteiger partial charge in [-0.15, -0.1) is 0 Å². The highest BCUT2D eigenvalue weighted by Gasteiger charge is 2.23. The number of nitrogens with zero attached hydrogens (tertiary/aromatic N) is 2. The molecule has 0 heterocycles. The van der Waals surface area contributed by atoms with E-state index in [-0.39, 0.29) is 17.9 Å². The van der Waals surface area contributed by atoms with Gasteiger partial charge in [0.2, 0.25) is 0 Å². The highest BCUT2D eigenvalue weighted by Crippen LogP contribution is 2.26. The molecule has 10 nitrogen and oxygen atoms in total. The van der Waals surface area contributed by atoms with Crippen molar-refractivity contribution in [2.24, 2.45) is 11.8 Å². The fourth-order valence-corrected chi connectivity index (χ4v) is 2.30. The summed E-state index contributed by atoms with van der Waals surface area (Å²) in [6.07, 6.45) is 2.44. The summed E-state index contributed by atoms with van der Waals surface area (Å²) in [5.41, 5.74) is -1.15. The van der Waals surface area contributed by atoms with Crippen molar-refractivity contribution in [2.75, 3.05) is 0 Å². The van der Waals surface area contributed by atoms with Crippen molar-refractivity contribution in [3.8, 4) is 0 Å². The second-order valence-electron chi connectivity index (χ2n) is 5.58. The van der Waals surface area contributed by atoms with Crippen LogP contribution in [0.2, 0.25) is 0 Å². The quantitative estimate of drug-likeness (QED) is 0.291. The Morgan fingerprint density at radius 3 is 2.40 bits per heavy atom. The number of benzene rings is 1. The molecule has 1 aromatic rings. The summed E-state index contributed by atoms with van der Waals surface area (Å²) in [6.45, 7) is 1.68. The van der Waals surface area contributed by atoms with Crippen LogP contribution in [0.15, 0.2) is 18.2 Å². The van der Waals surface area contributed by atoms with E-state index in [9.17, 15) is 29.8 Å². The third-order valence-electron chi connectivity index (χ3n) is 3.75. The molecule has 0 aliphatic heterocycles. The Hall–Kier alpha value is -2.88. The first kappa shape index (κ1) is 20.2. The minimum Gasteiger partial charge on any atom is -0.373 e. The maximum Gasteiger partial charge on any atom is 0.327 e. The van der Waals surface area contributed by atoms with Crippen molar-refractivity contribution in [3.05, 3.63) is 44.0 Å². The molecule has 0 amide bonds. The van der Waals surface area contributed by atoms with Crippen LogP contribution in [0.25, 0.3) is 0 Å². The van der Waals surface area contributed by atoms with Crippen molar-refractivity contribution < 1.29 is 24.3 Å². The van der Waals surface area contributed by atoms with E-state index >= 15 is 0 Å². The molecule has 2 N–H and O–H groups in total. The second kappa shape index (κ2) is 9.42. The predicted molar refractivity (Wildman–Crippen MR) is 86.6 cm³/mol. The zero-order valence-corrected chi connectivity index (χ0v) is 13.7. The van der Waals surface area contributed by atoms with Gasteiger partial charge in [0, 0.05) is 12.5 Å². The molecule has 0 bridgehead atoms. The maximum atomic E-state index is 12.1. The average molecular weight is 353 g/mol. The fourth-order valence-electron chi connectivity index (χ4n) is 2.30. The van der Waals surface area contributed by atoms with E-state index in [1.165, 1.54) is 0 Å². The normalized spacial score (nSPS) is 11.6. The predicted octanol–water partition coefficient (Wildman–Crippen LogP) is 2.69. The van der Waals surface area contributed by atoms with E-state index in [0.717, 1.165) is 18.2 Å². The standard InChI is InChI=1S/C15H19N3O7/c1-10(15(20)25-16)5-3-2-4-6-14(19)12-8-7-11(17(21)22)9-13(12)18(23)24/h7-10H,2-6,16H2,1H3. The van der Waals surface area contributed by atoms with E-state index in [1.807, 2.05) is 0 Å². The van der Waals surface area contributed by atoms with Crippen molar-refractivity contribution in [2.45, 2.75) is 39.0 Å². The summed E-state index contributed by atoms with van der Waals surface area (Å²) in [4.78, 5) is 47.5. The Labute approximate surface area is 143 Å². The monoisotopic (exact) mass is 353 g/mol. The van der Waals surface area contributed by atoms with Crippen LogP contribution in [0.3, 0.4) is 0 Å². The molecule has 0 aromatic heterocycles. The molecular formula is C15H19N3O7. The smallest absolute Gasteiger partial charge is 0.327 e. The number of carbonyl (C=O) groups is 2. The lowest BCUT2D eigenvalue weighted by Gasteiger charge is -2.07. The van der Waals surface area contributed by atoms with Gasteiger partial charge in [0.15, 0.2) is 5.78 Å². The van der Waals surface area contributed by atoms with E-state index in [0.29, 0.717) is 25.7 Å². The summed E-state index contributed by atoms with van der Waals surface area (Å²) >= 11 is 0. The van der Waals surface area contributed by atoms with Crippen LogP contribution >= 0.6 is 0 Å². The molecule has 0 aliphatic carbocycles. The largest absolute Gasteiger partial charge is 0.373 e.